The third-order valence-corrected chi connectivity index (χ3v) is 5.38. The molecule has 0 amide bonds. The second kappa shape index (κ2) is 10.3. The van der Waals surface area contributed by atoms with E-state index in [1.165, 1.54) is 0 Å². The lowest BCUT2D eigenvalue weighted by Gasteiger charge is -2.10. The molecule has 0 fully saturated rings. The molecular weight excluding hydrogens is 342 g/mol. The van der Waals surface area contributed by atoms with E-state index in [0.29, 0.717) is 5.96 Å². The fraction of sp³-hybridized carbons (Fsp3) is 0.533. The van der Waals surface area contributed by atoms with Gasteiger partial charge in [-0.2, -0.15) is 23.5 Å². The van der Waals surface area contributed by atoms with Gasteiger partial charge in [0.25, 0.3) is 0 Å². The molecule has 0 saturated carbocycles. The predicted molar refractivity (Wildman–Crippen MR) is 103 cm³/mol. The second-order valence-corrected chi connectivity index (χ2v) is 7.49. The number of guanidine groups is 1. The van der Waals surface area contributed by atoms with Gasteiger partial charge in [0.1, 0.15) is 0 Å². The highest BCUT2D eigenvalue weighted by atomic mass is 32.2. The standard InChI is InChI=1S/C15H25N7S2/c1-11-13(21-9-19-11)7-23-5-3-17-15(16)18-4-6-24-8-14-12(2)20-10-22-14/h9-10H,3-8H2,1-2H3,(H,19,21)(H,20,22)(H3,16,17,18). The summed E-state index contributed by atoms with van der Waals surface area (Å²) in [7, 11) is 0. The number of H-pyrrole nitrogens is 2. The van der Waals surface area contributed by atoms with Crippen LogP contribution in [-0.2, 0) is 11.5 Å². The van der Waals surface area contributed by atoms with Crippen molar-refractivity contribution in [3.63, 3.8) is 0 Å². The summed E-state index contributed by atoms with van der Waals surface area (Å²) in [6.45, 7) is 5.62. The Kier molecular flexibility index (Phi) is 8.03. The zero-order valence-corrected chi connectivity index (χ0v) is 15.7. The van der Waals surface area contributed by atoms with Crippen LogP contribution >= 0.6 is 23.5 Å². The quantitative estimate of drug-likeness (QED) is 0.250. The van der Waals surface area contributed by atoms with Crippen molar-refractivity contribution in [2.24, 2.45) is 0 Å². The fourth-order valence-electron chi connectivity index (χ4n) is 1.96. The number of imidazole rings is 2. The molecule has 2 rings (SSSR count). The Morgan fingerprint density at radius 2 is 1.42 bits per heavy atom. The molecule has 0 bridgehead atoms. The van der Waals surface area contributed by atoms with Crippen molar-refractivity contribution in [1.29, 1.82) is 5.41 Å². The van der Waals surface area contributed by atoms with Crippen molar-refractivity contribution in [2.75, 3.05) is 24.6 Å². The molecule has 2 heterocycles. The minimum Gasteiger partial charge on any atom is -0.356 e. The van der Waals surface area contributed by atoms with Crippen LogP contribution in [0, 0.1) is 19.3 Å². The summed E-state index contributed by atoms with van der Waals surface area (Å²) in [5, 5.41) is 14.0. The molecule has 2 aromatic heterocycles. The first kappa shape index (κ1) is 18.7. The van der Waals surface area contributed by atoms with Gasteiger partial charge in [-0.25, -0.2) is 9.97 Å². The Hall–Kier alpha value is -1.61. The van der Waals surface area contributed by atoms with Crippen LogP contribution in [0.5, 0.6) is 0 Å². The summed E-state index contributed by atoms with van der Waals surface area (Å²) >= 11 is 3.63. The molecule has 0 atom stereocenters. The van der Waals surface area contributed by atoms with Gasteiger partial charge in [0.05, 0.1) is 24.0 Å². The zero-order chi connectivity index (χ0) is 17.2. The lowest BCUT2D eigenvalue weighted by Crippen LogP contribution is -2.38. The van der Waals surface area contributed by atoms with Gasteiger partial charge in [0.15, 0.2) is 5.96 Å². The SMILES string of the molecule is Cc1[nH]cnc1CSCCNC(=N)NCCSCc1nc[nH]c1C. The number of aromatic nitrogens is 4. The van der Waals surface area contributed by atoms with Gasteiger partial charge in [-0.15, -0.1) is 0 Å². The van der Waals surface area contributed by atoms with Gasteiger partial charge in [-0.1, -0.05) is 0 Å². The minimum absolute atomic E-state index is 0.392. The van der Waals surface area contributed by atoms with Gasteiger partial charge >= 0.3 is 0 Å². The highest BCUT2D eigenvalue weighted by Crippen LogP contribution is 2.12. The average Bonchev–Trinajstić information content (AvgIpc) is 3.15. The van der Waals surface area contributed by atoms with E-state index < -0.39 is 0 Å². The largest absolute Gasteiger partial charge is 0.356 e. The van der Waals surface area contributed by atoms with E-state index in [0.717, 1.165) is 58.9 Å². The number of hydrogen-bond acceptors (Lipinski definition) is 5. The molecule has 0 aliphatic carbocycles. The van der Waals surface area contributed by atoms with Crippen LogP contribution in [0.3, 0.4) is 0 Å². The third kappa shape index (κ3) is 6.48. The Balaban J connectivity index is 1.44. The van der Waals surface area contributed by atoms with Gasteiger partial charge in [-0.3, -0.25) is 5.41 Å². The zero-order valence-electron chi connectivity index (χ0n) is 14.1. The lowest BCUT2D eigenvalue weighted by atomic mass is 10.4. The molecule has 7 nitrogen and oxygen atoms in total. The monoisotopic (exact) mass is 367 g/mol. The maximum atomic E-state index is 7.83. The lowest BCUT2D eigenvalue weighted by molar-refractivity contribution is 0.858. The molecule has 0 unspecified atom stereocenters. The number of nitrogens with zero attached hydrogens (tertiary/aromatic N) is 2. The topological polar surface area (TPSA) is 105 Å². The third-order valence-electron chi connectivity index (χ3n) is 3.44. The molecule has 0 spiro atoms. The fourth-order valence-corrected chi connectivity index (χ4v) is 3.71. The van der Waals surface area contributed by atoms with E-state index in [-0.39, 0.29) is 0 Å². The van der Waals surface area contributed by atoms with Crippen LogP contribution in [0.4, 0.5) is 0 Å². The maximum Gasteiger partial charge on any atom is 0.188 e. The van der Waals surface area contributed by atoms with Gasteiger partial charge < -0.3 is 20.6 Å². The summed E-state index contributed by atoms with van der Waals surface area (Å²) in [6.07, 6.45) is 3.46. The van der Waals surface area contributed by atoms with E-state index in [1.54, 1.807) is 12.7 Å². The van der Waals surface area contributed by atoms with E-state index in [4.69, 9.17) is 5.41 Å². The minimum atomic E-state index is 0.392. The normalized spacial score (nSPS) is 10.8. The van der Waals surface area contributed by atoms with E-state index in [9.17, 15) is 0 Å². The number of aromatic amines is 2. The first-order chi connectivity index (χ1) is 11.7. The van der Waals surface area contributed by atoms with Gasteiger partial charge in [-0.05, 0) is 13.8 Å². The van der Waals surface area contributed by atoms with Crippen LogP contribution in [0.15, 0.2) is 12.7 Å². The van der Waals surface area contributed by atoms with Gasteiger partial charge in [0.2, 0.25) is 0 Å². The number of aryl methyl sites for hydroxylation is 2. The molecule has 2 aromatic rings. The molecule has 132 valence electrons. The predicted octanol–water partition coefficient (Wildman–Crippen LogP) is 2.03. The van der Waals surface area contributed by atoms with Crippen molar-refractivity contribution in [1.82, 2.24) is 30.6 Å². The van der Waals surface area contributed by atoms with E-state index in [1.807, 2.05) is 37.4 Å². The van der Waals surface area contributed by atoms with Crippen molar-refractivity contribution in [3.8, 4) is 0 Å². The number of nitrogens with one attached hydrogen (secondary N) is 5. The second-order valence-electron chi connectivity index (χ2n) is 5.28. The molecule has 5 N–H and O–H groups in total. The van der Waals surface area contributed by atoms with Crippen molar-refractivity contribution in [2.45, 2.75) is 25.4 Å². The Morgan fingerprint density at radius 1 is 0.958 bits per heavy atom. The Bertz CT molecular complexity index is 571. The highest BCUT2D eigenvalue weighted by molar-refractivity contribution is 7.98. The number of thioether (sulfide) groups is 2. The van der Waals surface area contributed by atoms with Crippen molar-refractivity contribution >= 4 is 29.5 Å². The van der Waals surface area contributed by atoms with E-state index in [2.05, 4.69) is 30.6 Å². The molecule has 24 heavy (non-hydrogen) atoms. The Morgan fingerprint density at radius 3 is 1.79 bits per heavy atom. The molecule has 0 radical (unpaired) electrons. The van der Waals surface area contributed by atoms with Crippen LogP contribution < -0.4 is 10.6 Å². The van der Waals surface area contributed by atoms with Crippen molar-refractivity contribution < 1.29 is 0 Å². The summed E-state index contributed by atoms with van der Waals surface area (Å²) < 4.78 is 0. The average molecular weight is 368 g/mol. The van der Waals surface area contributed by atoms with Crippen LogP contribution in [0.1, 0.15) is 22.8 Å². The number of rotatable bonds is 10. The Labute approximate surface area is 151 Å². The molecule has 9 heteroatoms. The van der Waals surface area contributed by atoms with Crippen LogP contribution in [-0.4, -0.2) is 50.5 Å². The van der Waals surface area contributed by atoms with Crippen LogP contribution in [0.25, 0.3) is 0 Å². The maximum absolute atomic E-state index is 7.83. The number of hydrogen-bond donors (Lipinski definition) is 5. The van der Waals surface area contributed by atoms with E-state index >= 15 is 0 Å². The first-order valence-corrected chi connectivity index (χ1v) is 10.2. The molecular formula is C15H25N7S2. The van der Waals surface area contributed by atoms with Crippen LogP contribution in [0.2, 0.25) is 0 Å². The molecule has 0 aliphatic rings. The summed E-state index contributed by atoms with van der Waals surface area (Å²) in [5.41, 5.74) is 4.48. The molecule has 0 saturated heterocycles. The summed E-state index contributed by atoms with van der Waals surface area (Å²) in [6, 6.07) is 0. The molecule has 0 aliphatic heterocycles. The smallest absolute Gasteiger partial charge is 0.188 e. The summed E-state index contributed by atoms with van der Waals surface area (Å²) in [5.74, 6) is 4.10. The highest BCUT2D eigenvalue weighted by Gasteiger charge is 2.02. The molecule has 0 aromatic carbocycles. The first-order valence-electron chi connectivity index (χ1n) is 7.86. The summed E-state index contributed by atoms with van der Waals surface area (Å²) in [4.78, 5) is 14.7. The van der Waals surface area contributed by atoms with Crippen molar-refractivity contribution in [3.05, 3.63) is 35.4 Å². The van der Waals surface area contributed by atoms with Gasteiger partial charge in [0, 0.05) is 47.5 Å².